The number of nitrogens with one attached hydrogen (secondary N) is 1. The predicted molar refractivity (Wildman–Crippen MR) is 75.3 cm³/mol. The molecule has 1 heterocycles. The molecule has 0 saturated carbocycles. The number of aromatic nitrogens is 2. The van der Waals surface area contributed by atoms with E-state index >= 15 is 0 Å². The van der Waals surface area contributed by atoms with Crippen LogP contribution in [0, 0.1) is 0 Å². The standard InChI is InChI=1S/C15H16F3N3/c1-3-21-10-12(9-20-21)8-19-11(2)13-5-4-6-14(7-13)15(16,17)18/h3-7,9-11,19H,1,8H2,2H3. The van der Waals surface area contributed by atoms with Gasteiger partial charge in [0.2, 0.25) is 0 Å². The van der Waals surface area contributed by atoms with E-state index in [1.807, 2.05) is 6.92 Å². The van der Waals surface area contributed by atoms with Crippen LogP contribution in [0.2, 0.25) is 0 Å². The maximum Gasteiger partial charge on any atom is 0.416 e. The van der Waals surface area contributed by atoms with E-state index in [1.165, 1.54) is 12.1 Å². The van der Waals surface area contributed by atoms with Crippen LogP contribution in [-0.2, 0) is 12.7 Å². The third kappa shape index (κ3) is 3.95. The van der Waals surface area contributed by atoms with Crippen molar-refractivity contribution in [2.75, 3.05) is 0 Å². The molecule has 0 aliphatic rings. The average Bonchev–Trinajstić information content (AvgIpc) is 2.92. The zero-order chi connectivity index (χ0) is 15.5. The first-order valence-electron chi connectivity index (χ1n) is 6.46. The molecule has 112 valence electrons. The van der Waals surface area contributed by atoms with E-state index in [-0.39, 0.29) is 6.04 Å². The summed E-state index contributed by atoms with van der Waals surface area (Å²) in [5.41, 5.74) is 0.905. The summed E-state index contributed by atoms with van der Waals surface area (Å²) < 4.78 is 39.6. The van der Waals surface area contributed by atoms with Crippen LogP contribution in [0.5, 0.6) is 0 Å². The Labute approximate surface area is 121 Å². The molecule has 6 heteroatoms. The highest BCUT2D eigenvalue weighted by atomic mass is 19.4. The van der Waals surface area contributed by atoms with Gasteiger partial charge in [-0.05, 0) is 24.6 Å². The molecule has 0 bridgehead atoms. The van der Waals surface area contributed by atoms with Crippen LogP contribution in [0.3, 0.4) is 0 Å². The maximum atomic E-state index is 12.7. The summed E-state index contributed by atoms with van der Waals surface area (Å²) in [6.45, 7) is 5.94. The van der Waals surface area contributed by atoms with E-state index in [1.54, 1.807) is 29.3 Å². The molecule has 0 spiro atoms. The van der Waals surface area contributed by atoms with Gasteiger partial charge in [-0.2, -0.15) is 18.3 Å². The zero-order valence-electron chi connectivity index (χ0n) is 11.6. The molecule has 0 radical (unpaired) electrons. The number of halogens is 3. The van der Waals surface area contributed by atoms with Crippen LogP contribution in [0.15, 0.2) is 43.2 Å². The molecule has 1 atom stereocenters. The minimum Gasteiger partial charge on any atom is -0.306 e. The second kappa shape index (κ2) is 6.13. The average molecular weight is 295 g/mol. The molecule has 2 rings (SSSR count). The van der Waals surface area contributed by atoms with Crippen LogP contribution in [0.1, 0.15) is 29.7 Å². The van der Waals surface area contributed by atoms with Gasteiger partial charge in [0.25, 0.3) is 0 Å². The third-order valence-electron chi connectivity index (χ3n) is 3.17. The van der Waals surface area contributed by atoms with E-state index in [0.717, 1.165) is 11.6 Å². The lowest BCUT2D eigenvalue weighted by Crippen LogP contribution is -2.18. The van der Waals surface area contributed by atoms with E-state index in [4.69, 9.17) is 0 Å². The highest BCUT2D eigenvalue weighted by Gasteiger charge is 2.30. The molecule has 1 unspecified atom stereocenters. The van der Waals surface area contributed by atoms with Gasteiger partial charge in [0.15, 0.2) is 0 Å². The SMILES string of the molecule is C=Cn1cc(CNC(C)c2cccc(C(F)(F)F)c2)cn1. The van der Waals surface area contributed by atoms with Gasteiger partial charge in [-0.1, -0.05) is 18.7 Å². The minimum atomic E-state index is -4.32. The molecular formula is C15H16F3N3. The van der Waals surface area contributed by atoms with Crippen molar-refractivity contribution in [1.29, 1.82) is 0 Å². The lowest BCUT2D eigenvalue weighted by atomic mass is 10.0. The van der Waals surface area contributed by atoms with E-state index in [0.29, 0.717) is 12.1 Å². The van der Waals surface area contributed by atoms with Gasteiger partial charge < -0.3 is 5.32 Å². The molecule has 0 aliphatic heterocycles. The Morgan fingerprint density at radius 1 is 1.43 bits per heavy atom. The second-order valence-electron chi connectivity index (χ2n) is 4.74. The summed E-state index contributed by atoms with van der Waals surface area (Å²) in [6.07, 6.45) is 0.743. The Hall–Kier alpha value is -2.08. The number of rotatable bonds is 5. The predicted octanol–water partition coefficient (Wildman–Crippen LogP) is 3.85. The molecule has 0 aliphatic carbocycles. The number of alkyl halides is 3. The van der Waals surface area contributed by atoms with Gasteiger partial charge in [0.05, 0.1) is 11.8 Å². The van der Waals surface area contributed by atoms with Crippen LogP contribution in [0.4, 0.5) is 13.2 Å². The van der Waals surface area contributed by atoms with Crippen LogP contribution in [0.25, 0.3) is 6.20 Å². The molecule has 1 aromatic carbocycles. The number of benzene rings is 1. The zero-order valence-corrected chi connectivity index (χ0v) is 11.6. The number of nitrogens with zero attached hydrogens (tertiary/aromatic N) is 2. The fraction of sp³-hybridized carbons (Fsp3) is 0.267. The van der Waals surface area contributed by atoms with Gasteiger partial charge in [0, 0.05) is 30.5 Å². The Kier molecular flexibility index (Phi) is 4.47. The third-order valence-corrected chi connectivity index (χ3v) is 3.17. The normalized spacial score (nSPS) is 13.1. The summed E-state index contributed by atoms with van der Waals surface area (Å²) in [5, 5.41) is 7.22. The first-order valence-corrected chi connectivity index (χ1v) is 6.46. The van der Waals surface area contributed by atoms with Crippen molar-refractivity contribution < 1.29 is 13.2 Å². The topological polar surface area (TPSA) is 29.9 Å². The number of hydrogen-bond donors (Lipinski definition) is 1. The summed E-state index contributed by atoms with van der Waals surface area (Å²) in [4.78, 5) is 0. The lowest BCUT2D eigenvalue weighted by Gasteiger charge is -2.15. The van der Waals surface area contributed by atoms with Gasteiger partial charge in [-0.25, -0.2) is 4.68 Å². The van der Waals surface area contributed by atoms with Crippen molar-refractivity contribution in [2.45, 2.75) is 25.7 Å². The molecule has 0 amide bonds. The maximum absolute atomic E-state index is 12.7. The largest absolute Gasteiger partial charge is 0.416 e. The first-order chi connectivity index (χ1) is 9.90. The fourth-order valence-electron chi connectivity index (χ4n) is 1.94. The summed E-state index contributed by atoms with van der Waals surface area (Å²) in [6, 6.07) is 5.15. The fourth-order valence-corrected chi connectivity index (χ4v) is 1.94. The van der Waals surface area contributed by atoms with E-state index < -0.39 is 11.7 Å². The van der Waals surface area contributed by atoms with E-state index in [2.05, 4.69) is 17.0 Å². The summed E-state index contributed by atoms with van der Waals surface area (Å²) in [5.74, 6) is 0. The number of hydrogen-bond acceptors (Lipinski definition) is 2. The van der Waals surface area contributed by atoms with Crippen molar-refractivity contribution in [2.24, 2.45) is 0 Å². The van der Waals surface area contributed by atoms with Crippen molar-refractivity contribution in [3.8, 4) is 0 Å². The van der Waals surface area contributed by atoms with Crippen molar-refractivity contribution in [3.63, 3.8) is 0 Å². The molecule has 21 heavy (non-hydrogen) atoms. The summed E-state index contributed by atoms with van der Waals surface area (Å²) >= 11 is 0. The van der Waals surface area contributed by atoms with Gasteiger partial charge in [0.1, 0.15) is 0 Å². The Morgan fingerprint density at radius 3 is 2.81 bits per heavy atom. The van der Waals surface area contributed by atoms with Gasteiger partial charge in [-0.3, -0.25) is 0 Å². The highest BCUT2D eigenvalue weighted by Crippen LogP contribution is 2.30. The van der Waals surface area contributed by atoms with Crippen molar-refractivity contribution in [1.82, 2.24) is 15.1 Å². The van der Waals surface area contributed by atoms with Crippen LogP contribution >= 0.6 is 0 Å². The molecule has 1 aromatic heterocycles. The smallest absolute Gasteiger partial charge is 0.306 e. The molecular weight excluding hydrogens is 279 g/mol. The Bertz CT molecular complexity index is 617. The minimum absolute atomic E-state index is 0.195. The second-order valence-corrected chi connectivity index (χ2v) is 4.74. The lowest BCUT2D eigenvalue weighted by molar-refractivity contribution is -0.137. The van der Waals surface area contributed by atoms with Crippen LogP contribution in [-0.4, -0.2) is 9.78 Å². The van der Waals surface area contributed by atoms with Gasteiger partial charge in [-0.15, -0.1) is 0 Å². The summed E-state index contributed by atoms with van der Waals surface area (Å²) in [7, 11) is 0. The highest BCUT2D eigenvalue weighted by molar-refractivity contribution is 5.28. The molecule has 1 N–H and O–H groups in total. The molecule has 3 nitrogen and oxygen atoms in total. The molecule has 0 saturated heterocycles. The monoisotopic (exact) mass is 295 g/mol. The Morgan fingerprint density at radius 2 is 2.19 bits per heavy atom. The van der Waals surface area contributed by atoms with Gasteiger partial charge >= 0.3 is 6.18 Å². The molecule has 0 fully saturated rings. The first kappa shape index (κ1) is 15.3. The quantitative estimate of drug-likeness (QED) is 0.908. The Balaban J connectivity index is 2.03. The molecule has 2 aromatic rings. The van der Waals surface area contributed by atoms with Crippen LogP contribution < -0.4 is 5.32 Å². The van der Waals surface area contributed by atoms with Crippen molar-refractivity contribution >= 4 is 6.20 Å². The van der Waals surface area contributed by atoms with Crippen molar-refractivity contribution in [3.05, 3.63) is 59.9 Å². The van der Waals surface area contributed by atoms with E-state index in [9.17, 15) is 13.2 Å².